The summed E-state index contributed by atoms with van der Waals surface area (Å²) in [5.74, 6) is 0. The number of nitrogens with one attached hydrogen (secondary N) is 1. The molecule has 0 saturated heterocycles. The molecule has 0 atom stereocenters. The number of aromatic nitrogens is 1. The molecule has 0 aliphatic rings. The molecule has 0 radical (unpaired) electrons. The summed E-state index contributed by atoms with van der Waals surface area (Å²) >= 11 is 0. The van der Waals surface area contributed by atoms with Gasteiger partial charge >= 0.3 is 6.18 Å². The van der Waals surface area contributed by atoms with Crippen LogP contribution in [0.15, 0.2) is 10.9 Å². The number of H-pyrrole nitrogens is 1. The van der Waals surface area contributed by atoms with Crippen LogP contribution >= 0.6 is 0 Å². The highest BCUT2D eigenvalue weighted by Crippen LogP contribution is 2.36. The molecular weight excluding hydrogens is 223 g/mol. The third kappa shape index (κ3) is 2.25. The average molecular weight is 228 g/mol. The Balaban J connectivity index is 3.55. The third-order valence-electron chi connectivity index (χ3n) is 1.62. The molecule has 0 saturated carbocycles. The van der Waals surface area contributed by atoms with Gasteiger partial charge in [0.1, 0.15) is 5.69 Å². The number of hydrogen-bond donors (Lipinski definition) is 2. The van der Waals surface area contributed by atoms with E-state index in [2.05, 4.69) is 0 Å². The fourth-order valence-corrected chi connectivity index (χ4v) is 1.05. The van der Waals surface area contributed by atoms with Gasteiger partial charge in [0.15, 0.2) is 0 Å². The summed E-state index contributed by atoms with van der Waals surface area (Å²) in [6.45, 7) is 0. The molecule has 15 heavy (non-hydrogen) atoms. The van der Waals surface area contributed by atoms with E-state index in [4.69, 9.17) is 5.73 Å². The lowest BCUT2D eigenvalue weighted by Crippen LogP contribution is -2.20. The Bertz CT molecular complexity index is 422. The lowest BCUT2D eigenvalue weighted by atomic mass is 10.1. The van der Waals surface area contributed by atoms with Crippen LogP contribution in [0.25, 0.3) is 0 Å². The van der Waals surface area contributed by atoms with Crippen LogP contribution in [-0.2, 0) is 6.18 Å². The molecule has 0 aliphatic heterocycles. The SMILES string of the molecule is Nc1cc(=O)[nH]c(C(F)(F)F)c1C(F)F. The number of hydrogen-bond acceptors (Lipinski definition) is 2. The number of pyridine rings is 1. The molecule has 0 aliphatic carbocycles. The maximum Gasteiger partial charge on any atom is 0.431 e. The van der Waals surface area contributed by atoms with E-state index in [0.717, 1.165) is 0 Å². The van der Waals surface area contributed by atoms with Gasteiger partial charge in [0.25, 0.3) is 6.43 Å². The molecule has 0 amide bonds. The van der Waals surface area contributed by atoms with Crippen LogP contribution in [0.1, 0.15) is 17.7 Å². The number of halogens is 5. The minimum atomic E-state index is -5.07. The first-order valence-corrected chi connectivity index (χ1v) is 3.61. The quantitative estimate of drug-likeness (QED) is 0.721. The van der Waals surface area contributed by atoms with E-state index < -0.39 is 35.1 Å². The average Bonchev–Trinajstić information content (AvgIpc) is 1.99. The normalized spacial score (nSPS) is 12.1. The van der Waals surface area contributed by atoms with Crippen LogP contribution in [0.3, 0.4) is 0 Å². The lowest BCUT2D eigenvalue weighted by Gasteiger charge is -2.13. The standard InChI is InChI=1S/C7H5F5N2O/c8-6(9)4-2(13)1-3(15)14-5(4)7(10,11)12/h1,6H,(H3,13,14,15). The molecule has 0 unspecified atom stereocenters. The maximum absolute atomic E-state index is 12.2. The largest absolute Gasteiger partial charge is 0.431 e. The number of rotatable bonds is 1. The van der Waals surface area contributed by atoms with Crippen LogP contribution in [0.2, 0.25) is 0 Å². The van der Waals surface area contributed by atoms with Crippen molar-refractivity contribution in [2.24, 2.45) is 0 Å². The Morgan fingerprint density at radius 2 is 1.87 bits per heavy atom. The molecule has 1 rings (SSSR count). The van der Waals surface area contributed by atoms with E-state index >= 15 is 0 Å². The molecule has 3 nitrogen and oxygen atoms in total. The molecule has 1 aromatic rings. The maximum atomic E-state index is 12.2. The second kappa shape index (κ2) is 3.52. The van der Waals surface area contributed by atoms with Crippen molar-refractivity contribution in [3.05, 3.63) is 27.7 Å². The van der Waals surface area contributed by atoms with Gasteiger partial charge in [-0.2, -0.15) is 13.2 Å². The number of aromatic amines is 1. The number of nitrogen functional groups attached to an aromatic ring is 1. The molecular formula is C7H5F5N2O. The first-order chi connectivity index (χ1) is 6.73. The van der Waals surface area contributed by atoms with Crippen molar-refractivity contribution in [3.63, 3.8) is 0 Å². The first-order valence-electron chi connectivity index (χ1n) is 3.61. The van der Waals surface area contributed by atoms with Gasteiger partial charge in [0.05, 0.1) is 5.56 Å². The van der Waals surface area contributed by atoms with Gasteiger partial charge in [-0.3, -0.25) is 4.79 Å². The predicted molar refractivity (Wildman–Crippen MR) is 41.4 cm³/mol. The van der Waals surface area contributed by atoms with Crippen molar-refractivity contribution >= 4 is 5.69 Å². The Hall–Kier alpha value is -1.60. The highest BCUT2D eigenvalue weighted by atomic mass is 19.4. The van der Waals surface area contributed by atoms with Crippen molar-refractivity contribution in [2.75, 3.05) is 5.73 Å². The molecule has 84 valence electrons. The highest BCUT2D eigenvalue weighted by molar-refractivity contribution is 5.49. The van der Waals surface area contributed by atoms with E-state index in [-0.39, 0.29) is 0 Å². The summed E-state index contributed by atoms with van der Waals surface area (Å²) in [4.78, 5) is 11.9. The van der Waals surface area contributed by atoms with Gasteiger partial charge in [0, 0.05) is 11.8 Å². The molecule has 8 heteroatoms. The zero-order valence-corrected chi connectivity index (χ0v) is 7.03. The molecule has 1 heterocycles. The smallest absolute Gasteiger partial charge is 0.398 e. The van der Waals surface area contributed by atoms with Gasteiger partial charge in [-0.25, -0.2) is 8.78 Å². The third-order valence-corrected chi connectivity index (χ3v) is 1.62. The Kier molecular flexibility index (Phi) is 2.69. The van der Waals surface area contributed by atoms with Crippen LogP contribution in [0, 0.1) is 0 Å². The van der Waals surface area contributed by atoms with E-state index in [0.29, 0.717) is 6.07 Å². The summed E-state index contributed by atoms with van der Waals surface area (Å²) < 4.78 is 61.1. The Morgan fingerprint density at radius 3 is 2.27 bits per heavy atom. The summed E-state index contributed by atoms with van der Waals surface area (Å²) in [7, 11) is 0. The number of anilines is 1. The topological polar surface area (TPSA) is 58.9 Å². The molecule has 3 N–H and O–H groups in total. The van der Waals surface area contributed by atoms with E-state index in [1.807, 2.05) is 0 Å². The molecule has 0 bridgehead atoms. The number of nitrogens with two attached hydrogens (primary N) is 1. The summed E-state index contributed by atoms with van der Waals surface area (Å²) in [5, 5.41) is 0. The minimum absolute atomic E-state index is 0.483. The van der Waals surface area contributed by atoms with E-state index in [1.54, 1.807) is 0 Å². The second-order valence-corrected chi connectivity index (χ2v) is 2.68. The number of alkyl halides is 5. The van der Waals surface area contributed by atoms with Crippen molar-refractivity contribution in [3.8, 4) is 0 Å². The van der Waals surface area contributed by atoms with Gasteiger partial charge in [-0.05, 0) is 0 Å². The van der Waals surface area contributed by atoms with Crippen molar-refractivity contribution in [1.82, 2.24) is 4.98 Å². The van der Waals surface area contributed by atoms with Crippen LogP contribution in [0.5, 0.6) is 0 Å². The zero-order valence-electron chi connectivity index (χ0n) is 7.03. The molecule has 1 aromatic heterocycles. The fourth-order valence-electron chi connectivity index (χ4n) is 1.05. The van der Waals surface area contributed by atoms with Crippen molar-refractivity contribution in [2.45, 2.75) is 12.6 Å². The second-order valence-electron chi connectivity index (χ2n) is 2.68. The van der Waals surface area contributed by atoms with Crippen molar-refractivity contribution < 1.29 is 22.0 Å². The zero-order chi connectivity index (χ0) is 11.8. The predicted octanol–water partition coefficient (Wildman–Crippen LogP) is 1.91. The Labute approximate surface area is 79.7 Å². The first kappa shape index (κ1) is 11.5. The highest BCUT2D eigenvalue weighted by Gasteiger charge is 2.38. The Morgan fingerprint density at radius 1 is 1.33 bits per heavy atom. The van der Waals surface area contributed by atoms with Crippen LogP contribution < -0.4 is 11.3 Å². The van der Waals surface area contributed by atoms with Gasteiger partial charge < -0.3 is 10.7 Å². The van der Waals surface area contributed by atoms with E-state index in [1.165, 1.54) is 4.98 Å². The van der Waals surface area contributed by atoms with E-state index in [9.17, 15) is 26.7 Å². The molecule has 0 spiro atoms. The summed E-state index contributed by atoms with van der Waals surface area (Å²) in [6, 6.07) is 0.483. The minimum Gasteiger partial charge on any atom is -0.398 e. The van der Waals surface area contributed by atoms with Gasteiger partial charge in [-0.15, -0.1) is 0 Å². The monoisotopic (exact) mass is 228 g/mol. The fraction of sp³-hybridized carbons (Fsp3) is 0.286. The molecule has 0 fully saturated rings. The van der Waals surface area contributed by atoms with Crippen molar-refractivity contribution in [1.29, 1.82) is 0 Å². The molecule has 0 aromatic carbocycles. The van der Waals surface area contributed by atoms with Gasteiger partial charge in [0.2, 0.25) is 5.56 Å². The summed E-state index contributed by atoms with van der Waals surface area (Å²) in [6.07, 6.45) is -8.47. The lowest BCUT2D eigenvalue weighted by molar-refractivity contribution is -0.143. The summed E-state index contributed by atoms with van der Waals surface area (Å²) in [5.41, 5.74) is -0.335. The van der Waals surface area contributed by atoms with Gasteiger partial charge in [-0.1, -0.05) is 0 Å². The van der Waals surface area contributed by atoms with Crippen LogP contribution in [0.4, 0.5) is 27.6 Å². The van der Waals surface area contributed by atoms with Crippen LogP contribution in [-0.4, -0.2) is 4.98 Å².